The summed E-state index contributed by atoms with van der Waals surface area (Å²) in [7, 11) is 0. The molecule has 1 unspecified atom stereocenters. The molecule has 1 atom stereocenters. The van der Waals surface area contributed by atoms with Gasteiger partial charge < -0.3 is 10.5 Å². The fraction of sp³-hybridized carbons (Fsp3) is 0.250. The van der Waals surface area contributed by atoms with Gasteiger partial charge in [-0.1, -0.05) is 30.3 Å². The molecule has 0 fully saturated rings. The van der Waals surface area contributed by atoms with Gasteiger partial charge in [-0.2, -0.15) is 0 Å². The third kappa shape index (κ3) is 2.93. The summed E-state index contributed by atoms with van der Waals surface area (Å²) in [6, 6.07) is 12.3. The zero-order chi connectivity index (χ0) is 13.8. The van der Waals surface area contributed by atoms with Crippen LogP contribution in [0.25, 0.3) is 0 Å². The molecule has 0 aliphatic heterocycles. The van der Waals surface area contributed by atoms with Crippen molar-refractivity contribution in [3.63, 3.8) is 0 Å². The van der Waals surface area contributed by atoms with E-state index in [1.165, 1.54) is 6.07 Å². The van der Waals surface area contributed by atoms with Crippen LogP contribution in [-0.4, -0.2) is 6.61 Å². The van der Waals surface area contributed by atoms with Gasteiger partial charge in [-0.3, -0.25) is 0 Å². The second-order valence-corrected chi connectivity index (χ2v) is 4.46. The van der Waals surface area contributed by atoms with Crippen molar-refractivity contribution in [2.24, 2.45) is 5.73 Å². The Hall–Kier alpha value is -1.87. The largest absolute Gasteiger partial charge is 0.494 e. The van der Waals surface area contributed by atoms with E-state index in [9.17, 15) is 4.39 Å². The van der Waals surface area contributed by atoms with Crippen molar-refractivity contribution in [1.29, 1.82) is 0 Å². The standard InChI is InChI=1S/C16H18FNO/c1-3-19-15-7-5-4-6-13(15)16(18)12-9-8-11(2)14(17)10-12/h4-10,16H,3,18H2,1-2H3. The van der Waals surface area contributed by atoms with Gasteiger partial charge in [-0.25, -0.2) is 4.39 Å². The van der Waals surface area contributed by atoms with Crippen molar-refractivity contribution >= 4 is 0 Å². The molecular weight excluding hydrogens is 241 g/mol. The topological polar surface area (TPSA) is 35.2 Å². The molecule has 0 spiro atoms. The van der Waals surface area contributed by atoms with Crippen molar-refractivity contribution in [3.8, 4) is 5.75 Å². The normalized spacial score (nSPS) is 12.2. The number of ether oxygens (including phenoxy) is 1. The molecule has 0 bridgehead atoms. The molecule has 0 saturated carbocycles. The Morgan fingerprint density at radius 1 is 1.21 bits per heavy atom. The SMILES string of the molecule is CCOc1ccccc1C(N)c1ccc(C)c(F)c1. The van der Waals surface area contributed by atoms with E-state index in [1.54, 1.807) is 13.0 Å². The average Bonchev–Trinajstić information content (AvgIpc) is 2.42. The maximum absolute atomic E-state index is 13.6. The van der Waals surface area contributed by atoms with Gasteiger partial charge in [0.2, 0.25) is 0 Å². The zero-order valence-corrected chi connectivity index (χ0v) is 11.2. The second-order valence-electron chi connectivity index (χ2n) is 4.46. The van der Waals surface area contributed by atoms with Crippen molar-refractivity contribution in [1.82, 2.24) is 0 Å². The number of aryl methyl sites for hydroxylation is 1. The number of hydrogen-bond acceptors (Lipinski definition) is 2. The van der Waals surface area contributed by atoms with Crippen LogP contribution in [0.3, 0.4) is 0 Å². The summed E-state index contributed by atoms with van der Waals surface area (Å²) in [4.78, 5) is 0. The van der Waals surface area contributed by atoms with Crippen LogP contribution in [0.5, 0.6) is 5.75 Å². The molecule has 2 aromatic rings. The summed E-state index contributed by atoms with van der Waals surface area (Å²) in [6.07, 6.45) is 0. The fourth-order valence-electron chi connectivity index (χ4n) is 2.01. The molecule has 0 amide bonds. The highest BCUT2D eigenvalue weighted by molar-refractivity contribution is 5.41. The predicted molar refractivity (Wildman–Crippen MR) is 74.8 cm³/mol. The van der Waals surface area contributed by atoms with Gasteiger partial charge in [0.1, 0.15) is 11.6 Å². The van der Waals surface area contributed by atoms with Crippen LogP contribution in [0.4, 0.5) is 4.39 Å². The summed E-state index contributed by atoms with van der Waals surface area (Å²) in [5, 5.41) is 0. The minimum Gasteiger partial charge on any atom is -0.494 e. The van der Waals surface area contributed by atoms with Crippen LogP contribution in [0.2, 0.25) is 0 Å². The van der Waals surface area contributed by atoms with Crippen molar-refractivity contribution in [2.75, 3.05) is 6.61 Å². The Balaban J connectivity index is 2.37. The summed E-state index contributed by atoms with van der Waals surface area (Å²) in [5.74, 6) is 0.514. The molecule has 2 nitrogen and oxygen atoms in total. The zero-order valence-electron chi connectivity index (χ0n) is 11.2. The van der Waals surface area contributed by atoms with Gasteiger partial charge in [-0.15, -0.1) is 0 Å². The van der Waals surface area contributed by atoms with Gasteiger partial charge in [0.15, 0.2) is 0 Å². The van der Waals surface area contributed by atoms with Crippen LogP contribution in [-0.2, 0) is 0 Å². The lowest BCUT2D eigenvalue weighted by molar-refractivity contribution is 0.335. The molecule has 0 radical (unpaired) electrons. The molecule has 0 aliphatic rings. The highest BCUT2D eigenvalue weighted by atomic mass is 19.1. The molecule has 3 heteroatoms. The fourth-order valence-corrected chi connectivity index (χ4v) is 2.01. The van der Waals surface area contributed by atoms with E-state index in [0.29, 0.717) is 12.2 Å². The maximum atomic E-state index is 13.6. The average molecular weight is 259 g/mol. The van der Waals surface area contributed by atoms with Gasteiger partial charge in [0, 0.05) is 5.56 Å². The van der Waals surface area contributed by atoms with Gasteiger partial charge in [-0.05, 0) is 37.1 Å². The quantitative estimate of drug-likeness (QED) is 0.910. The minimum atomic E-state index is -0.391. The van der Waals surface area contributed by atoms with Crippen LogP contribution in [0.15, 0.2) is 42.5 Å². The third-order valence-electron chi connectivity index (χ3n) is 3.11. The first-order valence-corrected chi connectivity index (χ1v) is 6.36. The van der Waals surface area contributed by atoms with Crippen molar-refractivity contribution < 1.29 is 9.13 Å². The van der Waals surface area contributed by atoms with Gasteiger partial charge in [0.25, 0.3) is 0 Å². The monoisotopic (exact) mass is 259 g/mol. The Kier molecular flexibility index (Phi) is 4.17. The first-order valence-electron chi connectivity index (χ1n) is 6.36. The van der Waals surface area contributed by atoms with E-state index in [2.05, 4.69) is 0 Å². The van der Waals surface area contributed by atoms with E-state index < -0.39 is 6.04 Å². The molecule has 0 saturated heterocycles. The molecule has 2 rings (SSSR count). The molecule has 0 aromatic heterocycles. The lowest BCUT2D eigenvalue weighted by atomic mass is 9.97. The maximum Gasteiger partial charge on any atom is 0.126 e. The summed E-state index contributed by atoms with van der Waals surface area (Å²) >= 11 is 0. The van der Waals surface area contributed by atoms with E-state index in [0.717, 1.165) is 16.9 Å². The molecular formula is C16H18FNO. The first-order chi connectivity index (χ1) is 9.13. The molecule has 100 valence electrons. The number of nitrogens with two attached hydrogens (primary N) is 1. The Morgan fingerprint density at radius 3 is 2.63 bits per heavy atom. The Labute approximate surface area is 113 Å². The third-order valence-corrected chi connectivity index (χ3v) is 3.11. The molecule has 2 N–H and O–H groups in total. The lowest BCUT2D eigenvalue weighted by Gasteiger charge is -2.17. The minimum absolute atomic E-state index is 0.234. The Morgan fingerprint density at radius 2 is 1.95 bits per heavy atom. The summed E-state index contributed by atoms with van der Waals surface area (Å²) in [5.41, 5.74) is 8.45. The second kappa shape index (κ2) is 5.85. The molecule has 0 heterocycles. The van der Waals surface area contributed by atoms with Crippen LogP contribution >= 0.6 is 0 Å². The van der Waals surface area contributed by atoms with Gasteiger partial charge in [0.05, 0.1) is 12.6 Å². The van der Waals surface area contributed by atoms with Gasteiger partial charge >= 0.3 is 0 Å². The number of halogens is 1. The summed E-state index contributed by atoms with van der Waals surface area (Å²) in [6.45, 7) is 4.23. The van der Waals surface area contributed by atoms with Crippen LogP contribution in [0.1, 0.15) is 29.7 Å². The van der Waals surface area contributed by atoms with E-state index in [1.807, 2.05) is 37.3 Å². The van der Waals surface area contributed by atoms with E-state index in [-0.39, 0.29) is 5.82 Å². The number of rotatable bonds is 4. The molecule has 0 aliphatic carbocycles. The number of para-hydroxylation sites is 1. The highest BCUT2D eigenvalue weighted by Crippen LogP contribution is 2.28. The van der Waals surface area contributed by atoms with Crippen LogP contribution < -0.4 is 10.5 Å². The smallest absolute Gasteiger partial charge is 0.126 e. The number of hydrogen-bond donors (Lipinski definition) is 1. The Bertz CT molecular complexity index is 568. The predicted octanol–water partition coefficient (Wildman–Crippen LogP) is 3.58. The van der Waals surface area contributed by atoms with E-state index >= 15 is 0 Å². The molecule has 2 aromatic carbocycles. The molecule has 19 heavy (non-hydrogen) atoms. The lowest BCUT2D eigenvalue weighted by Crippen LogP contribution is -2.14. The van der Waals surface area contributed by atoms with Crippen molar-refractivity contribution in [2.45, 2.75) is 19.9 Å². The highest BCUT2D eigenvalue weighted by Gasteiger charge is 2.14. The van der Waals surface area contributed by atoms with Crippen LogP contribution in [0, 0.1) is 12.7 Å². The first kappa shape index (κ1) is 13.6. The van der Waals surface area contributed by atoms with E-state index in [4.69, 9.17) is 10.5 Å². The van der Waals surface area contributed by atoms with Crippen molar-refractivity contribution in [3.05, 3.63) is 65.0 Å². The summed E-state index contributed by atoms with van der Waals surface area (Å²) < 4.78 is 19.2. The number of benzene rings is 2.